The quantitative estimate of drug-likeness (QED) is 0.873. The lowest BCUT2D eigenvalue weighted by Crippen LogP contribution is -2.52. The number of benzene rings is 1. The highest BCUT2D eigenvalue weighted by atomic mass is 15.3. The van der Waals surface area contributed by atoms with Crippen molar-refractivity contribution in [2.24, 2.45) is 5.73 Å². The van der Waals surface area contributed by atoms with Crippen molar-refractivity contribution in [2.45, 2.75) is 46.2 Å². The Kier molecular flexibility index (Phi) is 6.22. The Morgan fingerprint density at radius 1 is 1.10 bits per heavy atom. The highest BCUT2D eigenvalue weighted by molar-refractivity contribution is 5.33. The minimum Gasteiger partial charge on any atom is -0.329 e. The van der Waals surface area contributed by atoms with Crippen LogP contribution in [0.1, 0.15) is 36.5 Å². The van der Waals surface area contributed by atoms with E-state index >= 15 is 0 Å². The van der Waals surface area contributed by atoms with Gasteiger partial charge in [-0.25, -0.2) is 0 Å². The predicted molar refractivity (Wildman–Crippen MR) is 90.5 cm³/mol. The number of rotatable bonds is 6. The van der Waals surface area contributed by atoms with Crippen LogP contribution in [0, 0.1) is 13.8 Å². The Labute approximate surface area is 130 Å². The molecule has 1 atom stereocenters. The fourth-order valence-electron chi connectivity index (χ4n) is 3.39. The van der Waals surface area contributed by atoms with E-state index in [1.54, 1.807) is 0 Å². The second-order valence-electron chi connectivity index (χ2n) is 6.36. The molecule has 0 aromatic heterocycles. The number of nitrogens with two attached hydrogens (primary N) is 1. The number of nitrogens with zero attached hydrogens (tertiary/aromatic N) is 2. The molecule has 2 rings (SSSR count). The van der Waals surface area contributed by atoms with Crippen LogP contribution < -0.4 is 5.73 Å². The zero-order chi connectivity index (χ0) is 15.2. The van der Waals surface area contributed by atoms with Gasteiger partial charge in [0, 0.05) is 45.3 Å². The fraction of sp³-hybridized carbons (Fsp3) is 0.667. The molecule has 0 amide bonds. The van der Waals surface area contributed by atoms with Gasteiger partial charge in [-0.1, -0.05) is 31.5 Å². The van der Waals surface area contributed by atoms with Crippen LogP contribution in [0.5, 0.6) is 0 Å². The van der Waals surface area contributed by atoms with Gasteiger partial charge in [0.25, 0.3) is 0 Å². The fourth-order valence-corrected chi connectivity index (χ4v) is 3.39. The molecule has 0 spiro atoms. The summed E-state index contributed by atoms with van der Waals surface area (Å²) in [5.74, 6) is 0. The molecule has 0 radical (unpaired) electrons. The van der Waals surface area contributed by atoms with Crippen molar-refractivity contribution < 1.29 is 0 Å². The van der Waals surface area contributed by atoms with Gasteiger partial charge in [-0.2, -0.15) is 0 Å². The molecular weight excluding hydrogens is 258 g/mol. The Balaban J connectivity index is 1.89. The highest BCUT2D eigenvalue weighted by Gasteiger charge is 2.22. The zero-order valence-corrected chi connectivity index (χ0v) is 13.9. The third kappa shape index (κ3) is 4.29. The van der Waals surface area contributed by atoms with Crippen molar-refractivity contribution in [3.8, 4) is 0 Å². The minimum absolute atomic E-state index is 0.581. The van der Waals surface area contributed by atoms with Crippen LogP contribution in [-0.4, -0.2) is 48.6 Å². The lowest BCUT2D eigenvalue weighted by Gasteiger charge is -2.39. The van der Waals surface area contributed by atoms with Crippen molar-refractivity contribution in [1.29, 1.82) is 0 Å². The van der Waals surface area contributed by atoms with E-state index in [0.29, 0.717) is 6.04 Å². The summed E-state index contributed by atoms with van der Waals surface area (Å²) in [6, 6.07) is 7.19. The normalized spacial score (nSPS) is 18.9. The molecule has 118 valence electrons. The van der Waals surface area contributed by atoms with E-state index in [-0.39, 0.29) is 0 Å². The van der Waals surface area contributed by atoms with E-state index in [0.717, 1.165) is 39.3 Å². The monoisotopic (exact) mass is 289 g/mol. The van der Waals surface area contributed by atoms with E-state index in [1.807, 2.05) is 0 Å². The molecule has 0 aliphatic carbocycles. The summed E-state index contributed by atoms with van der Waals surface area (Å²) in [6.07, 6.45) is 2.46. The first kappa shape index (κ1) is 16.5. The standard InChI is InChI=1S/C18H31N3/c1-4-6-17(13-19)21-11-9-20(10-12-21)14-18-15(2)7-5-8-16(18)3/h5,7-8,17H,4,6,9-14,19H2,1-3H3. The second kappa shape index (κ2) is 7.92. The number of piperazine rings is 1. The van der Waals surface area contributed by atoms with Gasteiger partial charge in [-0.15, -0.1) is 0 Å². The SMILES string of the molecule is CCCC(CN)N1CCN(Cc2c(C)cccc2C)CC1. The van der Waals surface area contributed by atoms with Crippen LogP contribution in [0.4, 0.5) is 0 Å². The van der Waals surface area contributed by atoms with Crippen LogP contribution in [0.15, 0.2) is 18.2 Å². The molecule has 1 saturated heterocycles. The van der Waals surface area contributed by atoms with Gasteiger partial charge >= 0.3 is 0 Å². The van der Waals surface area contributed by atoms with Crippen LogP contribution >= 0.6 is 0 Å². The third-order valence-electron chi connectivity index (χ3n) is 4.84. The van der Waals surface area contributed by atoms with Crippen molar-refractivity contribution >= 4 is 0 Å². The van der Waals surface area contributed by atoms with Gasteiger partial charge in [0.15, 0.2) is 0 Å². The molecule has 0 bridgehead atoms. The molecule has 1 aliphatic rings. The number of hydrogen-bond donors (Lipinski definition) is 1. The maximum atomic E-state index is 5.93. The molecule has 3 nitrogen and oxygen atoms in total. The summed E-state index contributed by atoms with van der Waals surface area (Å²) < 4.78 is 0. The smallest absolute Gasteiger partial charge is 0.0240 e. The van der Waals surface area contributed by atoms with Gasteiger partial charge in [-0.3, -0.25) is 9.80 Å². The molecular formula is C18H31N3. The Hall–Kier alpha value is -0.900. The average Bonchev–Trinajstić information content (AvgIpc) is 2.49. The van der Waals surface area contributed by atoms with Gasteiger partial charge in [0.1, 0.15) is 0 Å². The number of aryl methyl sites for hydroxylation is 2. The minimum atomic E-state index is 0.581. The molecule has 1 heterocycles. The Morgan fingerprint density at radius 3 is 2.24 bits per heavy atom. The van der Waals surface area contributed by atoms with Crippen LogP contribution in [0.3, 0.4) is 0 Å². The summed E-state index contributed by atoms with van der Waals surface area (Å²) >= 11 is 0. The van der Waals surface area contributed by atoms with Crippen molar-refractivity contribution in [3.05, 3.63) is 34.9 Å². The maximum Gasteiger partial charge on any atom is 0.0240 e. The molecule has 2 N–H and O–H groups in total. The van der Waals surface area contributed by atoms with E-state index in [2.05, 4.69) is 48.8 Å². The lowest BCUT2D eigenvalue weighted by atomic mass is 10.0. The molecule has 1 aromatic carbocycles. The lowest BCUT2D eigenvalue weighted by molar-refractivity contribution is 0.0903. The van der Waals surface area contributed by atoms with E-state index in [1.165, 1.54) is 29.5 Å². The maximum absolute atomic E-state index is 5.93. The van der Waals surface area contributed by atoms with Crippen LogP contribution in [-0.2, 0) is 6.54 Å². The van der Waals surface area contributed by atoms with Gasteiger partial charge in [-0.05, 0) is 37.0 Å². The Bertz CT molecular complexity index is 416. The molecule has 1 fully saturated rings. The summed E-state index contributed by atoms with van der Waals surface area (Å²) in [6.45, 7) is 13.2. The molecule has 1 aromatic rings. The van der Waals surface area contributed by atoms with Gasteiger partial charge in [0.2, 0.25) is 0 Å². The first-order valence-electron chi connectivity index (χ1n) is 8.37. The first-order chi connectivity index (χ1) is 10.2. The van der Waals surface area contributed by atoms with Crippen LogP contribution in [0.25, 0.3) is 0 Å². The van der Waals surface area contributed by atoms with E-state index in [4.69, 9.17) is 5.73 Å². The van der Waals surface area contributed by atoms with Gasteiger partial charge in [0.05, 0.1) is 0 Å². The Morgan fingerprint density at radius 2 is 1.71 bits per heavy atom. The topological polar surface area (TPSA) is 32.5 Å². The van der Waals surface area contributed by atoms with Crippen molar-refractivity contribution in [1.82, 2.24) is 9.80 Å². The molecule has 21 heavy (non-hydrogen) atoms. The van der Waals surface area contributed by atoms with Crippen molar-refractivity contribution in [2.75, 3.05) is 32.7 Å². The summed E-state index contributed by atoms with van der Waals surface area (Å²) in [5.41, 5.74) is 10.3. The van der Waals surface area contributed by atoms with Crippen LogP contribution in [0.2, 0.25) is 0 Å². The van der Waals surface area contributed by atoms with Gasteiger partial charge < -0.3 is 5.73 Å². The number of hydrogen-bond acceptors (Lipinski definition) is 3. The average molecular weight is 289 g/mol. The summed E-state index contributed by atoms with van der Waals surface area (Å²) in [5, 5.41) is 0. The van der Waals surface area contributed by atoms with E-state index < -0.39 is 0 Å². The van der Waals surface area contributed by atoms with E-state index in [9.17, 15) is 0 Å². The largest absolute Gasteiger partial charge is 0.329 e. The first-order valence-corrected chi connectivity index (χ1v) is 8.37. The molecule has 3 heteroatoms. The molecule has 1 aliphatic heterocycles. The predicted octanol–water partition coefficient (Wildman–Crippen LogP) is 2.55. The molecule has 0 saturated carbocycles. The third-order valence-corrected chi connectivity index (χ3v) is 4.84. The highest BCUT2D eigenvalue weighted by Crippen LogP contribution is 2.18. The summed E-state index contributed by atoms with van der Waals surface area (Å²) in [4.78, 5) is 5.18. The summed E-state index contributed by atoms with van der Waals surface area (Å²) in [7, 11) is 0. The molecule has 1 unspecified atom stereocenters. The zero-order valence-electron chi connectivity index (χ0n) is 13.9. The second-order valence-corrected chi connectivity index (χ2v) is 6.36. The van der Waals surface area contributed by atoms with Crippen molar-refractivity contribution in [3.63, 3.8) is 0 Å².